The number of hydrogen-bond acceptors (Lipinski definition) is 8. The highest BCUT2D eigenvalue weighted by Crippen LogP contribution is 2.40. The highest BCUT2D eigenvalue weighted by Gasteiger charge is 2.42. The van der Waals surface area contributed by atoms with E-state index in [1.165, 1.54) is 5.01 Å². The first kappa shape index (κ1) is 34.1. The normalized spacial score (nSPS) is 26.9. The van der Waals surface area contributed by atoms with Gasteiger partial charge in [0.2, 0.25) is 5.91 Å². The van der Waals surface area contributed by atoms with Crippen molar-refractivity contribution in [1.82, 2.24) is 26.1 Å². The van der Waals surface area contributed by atoms with Crippen molar-refractivity contribution in [3.63, 3.8) is 0 Å². The third-order valence-electron chi connectivity index (χ3n) is 8.88. The first-order chi connectivity index (χ1) is 21.6. The summed E-state index contributed by atoms with van der Waals surface area (Å²) < 4.78 is 5.98. The fraction of sp³-hybridized carbons (Fsp3) is 0.559. The van der Waals surface area contributed by atoms with Crippen LogP contribution in [0, 0.1) is 11.3 Å². The Balaban J connectivity index is 0.00000226. The predicted octanol–water partition coefficient (Wildman–Crippen LogP) is 3.57. The number of benzene rings is 1. The molecular weight excluding hydrogens is 574 g/mol. The van der Waals surface area contributed by atoms with Gasteiger partial charge in [0.25, 0.3) is 11.8 Å². The first-order valence-electron chi connectivity index (χ1n) is 16.0. The molecule has 1 aliphatic carbocycles. The molecule has 11 nitrogen and oxygen atoms in total. The lowest BCUT2D eigenvalue weighted by molar-refractivity contribution is -0.168. The van der Waals surface area contributed by atoms with Gasteiger partial charge in [-0.2, -0.15) is 0 Å². The zero-order chi connectivity index (χ0) is 32.7. The largest absolute Gasteiger partial charge is 0.451 e. The number of fused-ring (bicyclic) bond motifs is 4. The van der Waals surface area contributed by atoms with Gasteiger partial charge in [-0.25, -0.2) is 5.43 Å². The van der Waals surface area contributed by atoms with Crippen LogP contribution in [0.5, 0.6) is 0 Å². The minimum atomic E-state index is -1.05. The number of nitrogens with zero attached hydrogens (tertiary/aromatic N) is 2. The van der Waals surface area contributed by atoms with E-state index in [0.29, 0.717) is 32.2 Å². The average Bonchev–Trinajstić information content (AvgIpc) is 3.06. The van der Waals surface area contributed by atoms with Crippen LogP contribution in [0.1, 0.15) is 89.9 Å². The summed E-state index contributed by atoms with van der Waals surface area (Å²) in [6.45, 7) is 7.54. The van der Waals surface area contributed by atoms with Gasteiger partial charge in [0.15, 0.2) is 6.10 Å². The van der Waals surface area contributed by atoms with Gasteiger partial charge in [0.05, 0.1) is 22.7 Å². The molecule has 4 atom stereocenters. The fourth-order valence-electron chi connectivity index (χ4n) is 6.21. The number of aliphatic hydroxyl groups is 1. The van der Waals surface area contributed by atoms with Gasteiger partial charge in [-0.3, -0.25) is 29.2 Å². The topological polar surface area (TPSA) is 150 Å². The van der Waals surface area contributed by atoms with E-state index in [9.17, 15) is 19.2 Å². The molecule has 3 aliphatic rings. The predicted molar refractivity (Wildman–Crippen MR) is 171 cm³/mol. The Morgan fingerprint density at radius 3 is 2.33 bits per heavy atom. The molecule has 2 fully saturated rings. The van der Waals surface area contributed by atoms with Crippen LogP contribution in [0.3, 0.4) is 0 Å². The summed E-state index contributed by atoms with van der Waals surface area (Å²) in [5, 5.41) is 15.2. The summed E-state index contributed by atoms with van der Waals surface area (Å²) in [4.78, 5) is 58.7. The molecule has 1 spiro atoms. The number of pyridine rings is 1. The number of aliphatic hydroxyl groups excluding tert-OH is 1. The highest BCUT2D eigenvalue weighted by molar-refractivity contribution is 5.92. The average molecular weight is 622 g/mol. The quantitative estimate of drug-likeness (QED) is 0.353. The molecule has 5 rings (SSSR count). The summed E-state index contributed by atoms with van der Waals surface area (Å²) in [5.41, 5.74) is 4.60. The number of cyclic esters (lactones) is 1. The van der Waals surface area contributed by atoms with E-state index < -0.39 is 35.5 Å². The molecule has 11 heteroatoms. The second-order valence-corrected chi connectivity index (χ2v) is 12.6. The molecule has 1 saturated heterocycles. The number of hydrazine groups is 1. The molecule has 2 aliphatic heterocycles. The van der Waals surface area contributed by atoms with Crippen molar-refractivity contribution in [2.24, 2.45) is 11.3 Å². The number of amides is 3. The van der Waals surface area contributed by atoms with Gasteiger partial charge in [-0.05, 0) is 63.1 Å². The Labute approximate surface area is 265 Å². The van der Waals surface area contributed by atoms with Gasteiger partial charge in [-0.1, -0.05) is 63.5 Å². The van der Waals surface area contributed by atoms with Crippen molar-refractivity contribution in [2.45, 2.75) is 96.9 Å². The second kappa shape index (κ2) is 15.0. The number of nitrogens with one attached hydrogen (secondary N) is 3. The Bertz CT molecular complexity index is 1420. The van der Waals surface area contributed by atoms with Crippen LogP contribution in [0.2, 0.25) is 0 Å². The van der Waals surface area contributed by atoms with Crippen LogP contribution in [-0.2, 0) is 23.9 Å². The maximum Gasteiger partial charge on any atom is 0.316 e. The molecule has 1 aromatic carbocycles. The lowest BCUT2D eigenvalue weighted by atomic mass is 9.73. The van der Waals surface area contributed by atoms with Crippen LogP contribution < -0.4 is 16.1 Å². The molecule has 2 aromatic rings. The maximum absolute atomic E-state index is 13.8. The maximum atomic E-state index is 13.8. The van der Waals surface area contributed by atoms with Gasteiger partial charge in [-0.15, -0.1) is 0 Å². The van der Waals surface area contributed by atoms with E-state index in [1.807, 2.05) is 63.3 Å². The van der Waals surface area contributed by atoms with Gasteiger partial charge in [0, 0.05) is 19.0 Å². The summed E-state index contributed by atoms with van der Waals surface area (Å²) in [6.07, 6.45) is 8.11. The lowest BCUT2D eigenvalue weighted by Crippen LogP contribution is -2.61. The Kier molecular flexibility index (Phi) is 11.3. The SMILES string of the molecule is CC1NC(=O)C(C(C)C)OC(=O)C2(/C=C/c3ccc4ccc(nc4c3)[C@@H](C)NC(=O)C3CCCN(N3)C1=O)CCCCC2.CO. The van der Waals surface area contributed by atoms with E-state index in [4.69, 9.17) is 14.8 Å². The summed E-state index contributed by atoms with van der Waals surface area (Å²) in [7, 11) is 1.00. The number of aromatic nitrogens is 1. The van der Waals surface area contributed by atoms with E-state index >= 15 is 0 Å². The number of carbonyl (C=O) groups excluding carboxylic acids is 4. The van der Waals surface area contributed by atoms with Crippen molar-refractivity contribution in [3.8, 4) is 0 Å². The third-order valence-corrected chi connectivity index (χ3v) is 8.88. The lowest BCUT2D eigenvalue weighted by Gasteiger charge is -2.36. The van der Waals surface area contributed by atoms with Crippen molar-refractivity contribution >= 4 is 40.7 Å². The van der Waals surface area contributed by atoms with Gasteiger partial charge < -0.3 is 20.5 Å². The van der Waals surface area contributed by atoms with Crippen LogP contribution >= 0.6 is 0 Å². The number of rotatable bonds is 1. The van der Waals surface area contributed by atoms with Crippen LogP contribution in [0.25, 0.3) is 17.0 Å². The summed E-state index contributed by atoms with van der Waals surface area (Å²) >= 11 is 0. The number of carbonyl (C=O) groups is 4. The van der Waals surface area contributed by atoms with E-state index in [1.54, 1.807) is 6.92 Å². The Hall–Kier alpha value is -3.83. The molecule has 5 bridgehead atoms. The monoisotopic (exact) mass is 621 g/mol. The Morgan fingerprint density at radius 2 is 1.62 bits per heavy atom. The van der Waals surface area contributed by atoms with Crippen molar-refractivity contribution in [1.29, 1.82) is 0 Å². The molecule has 244 valence electrons. The molecule has 0 radical (unpaired) electrons. The molecular formula is C34H47N5O6. The highest BCUT2D eigenvalue weighted by atomic mass is 16.5. The van der Waals surface area contributed by atoms with Crippen molar-refractivity contribution in [2.75, 3.05) is 13.7 Å². The molecule has 1 aromatic heterocycles. The van der Waals surface area contributed by atoms with Gasteiger partial charge in [0.1, 0.15) is 12.1 Å². The second-order valence-electron chi connectivity index (χ2n) is 12.6. The number of ether oxygens (including phenoxy) is 1. The first-order valence-corrected chi connectivity index (χ1v) is 16.0. The Morgan fingerprint density at radius 1 is 0.933 bits per heavy atom. The van der Waals surface area contributed by atoms with Crippen molar-refractivity contribution in [3.05, 3.63) is 47.7 Å². The molecule has 4 N–H and O–H groups in total. The zero-order valence-electron chi connectivity index (χ0n) is 27.0. The van der Waals surface area contributed by atoms with E-state index in [-0.39, 0.29) is 23.8 Å². The third kappa shape index (κ3) is 7.88. The molecule has 45 heavy (non-hydrogen) atoms. The standard InChI is InChI=1S/C33H43N5O5.CH4O/c1-20(2)28-30(40)35-22(4)31(41)38-18-8-9-26(37-38)29(39)34-21(3)25-13-12-24-11-10-23(19-27(24)36-25)14-17-33(32(42)43-28)15-6-5-7-16-33;1-2/h10-14,17,19-22,26,28,37H,5-9,15-16,18H2,1-4H3,(H,34,39)(H,35,40);2H,1H3/b17-14+;/t21-,22?,26?,28?;/m1./s1. The van der Waals surface area contributed by atoms with E-state index in [0.717, 1.165) is 48.5 Å². The molecule has 3 amide bonds. The molecule has 3 unspecified atom stereocenters. The smallest absolute Gasteiger partial charge is 0.316 e. The van der Waals surface area contributed by atoms with Crippen LogP contribution in [-0.4, -0.2) is 70.6 Å². The minimum Gasteiger partial charge on any atom is -0.451 e. The van der Waals surface area contributed by atoms with Gasteiger partial charge >= 0.3 is 5.97 Å². The number of hydrogen-bond donors (Lipinski definition) is 4. The van der Waals surface area contributed by atoms with Crippen LogP contribution in [0.15, 0.2) is 36.4 Å². The zero-order valence-corrected chi connectivity index (χ0v) is 27.0. The van der Waals surface area contributed by atoms with Crippen LogP contribution in [0.4, 0.5) is 0 Å². The molecule has 3 heterocycles. The minimum absolute atomic E-state index is 0.226. The summed E-state index contributed by atoms with van der Waals surface area (Å²) in [6, 6.07) is 8.01. The van der Waals surface area contributed by atoms with E-state index in [2.05, 4.69) is 16.1 Å². The summed E-state index contributed by atoms with van der Waals surface area (Å²) in [5.74, 6) is -1.82. The molecule has 1 saturated carbocycles. The number of esters is 1. The van der Waals surface area contributed by atoms with Crippen molar-refractivity contribution < 1.29 is 29.0 Å². The fourth-order valence-corrected chi connectivity index (χ4v) is 6.21.